The number of nitrogens with one attached hydrogen (secondary N) is 1. The molecule has 1 aliphatic rings. The molecule has 0 amide bonds. The van der Waals surface area contributed by atoms with Crippen LogP contribution in [-0.4, -0.2) is 11.5 Å². The lowest BCUT2D eigenvalue weighted by molar-refractivity contribution is 0.301. The quantitative estimate of drug-likeness (QED) is 0.853. The molecule has 1 aliphatic carbocycles. The van der Waals surface area contributed by atoms with Gasteiger partial charge in [0.15, 0.2) is 5.58 Å². The van der Waals surface area contributed by atoms with Crippen LogP contribution in [0.1, 0.15) is 37.7 Å². The number of aromatic nitrogens is 1. The Morgan fingerprint density at radius 3 is 2.78 bits per heavy atom. The van der Waals surface area contributed by atoms with Crippen molar-refractivity contribution in [1.29, 1.82) is 0 Å². The molecule has 0 unspecified atom stereocenters. The second-order valence-corrected chi connectivity index (χ2v) is 5.27. The van der Waals surface area contributed by atoms with Crippen molar-refractivity contribution in [3.8, 4) is 0 Å². The van der Waals surface area contributed by atoms with Crippen LogP contribution in [0.3, 0.4) is 0 Å². The molecule has 4 heteroatoms. The first-order valence-corrected chi connectivity index (χ1v) is 6.57. The standard InChI is InChI=1S/C14H18N2O2/c15-9-14(6-2-1-3-7-14)10-4-5-12-11(8-10)16-13(17)18-12/h4-5,8H,1-3,6-7,9,15H2,(H,16,17). The first-order valence-electron chi connectivity index (χ1n) is 6.57. The molecule has 0 bridgehead atoms. The lowest BCUT2D eigenvalue weighted by atomic mass is 9.69. The fourth-order valence-electron chi connectivity index (χ4n) is 3.12. The summed E-state index contributed by atoms with van der Waals surface area (Å²) in [5, 5.41) is 0. The Kier molecular flexibility index (Phi) is 2.74. The molecule has 1 saturated carbocycles. The minimum Gasteiger partial charge on any atom is -0.408 e. The van der Waals surface area contributed by atoms with E-state index in [0.717, 1.165) is 18.4 Å². The van der Waals surface area contributed by atoms with Crippen molar-refractivity contribution in [3.05, 3.63) is 34.3 Å². The van der Waals surface area contributed by atoms with Gasteiger partial charge in [-0.25, -0.2) is 4.79 Å². The lowest BCUT2D eigenvalue weighted by Crippen LogP contribution is -2.37. The molecular weight excluding hydrogens is 228 g/mol. The largest absolute Gasteiger partial charge is 0.417 e. The Balaban J connectivity index is 2.08. The topological polar surface area (TPSA) is 72.0 Å². The zero-order valence-corrected chi connectivity index (χ0v) is 10.4. The maximum atomic E-state index is 11.2. The summed E-state index contributed by atoms with van der Waals surface area (Å²) in [6, 6.07) is 5.95. The predicted octanol–water partition coefficient (Wildman–Crippen LogP) is 2.28. The van der Waals surface area contributed by atoms with Gasteiger partial charge in [0, 0.05) is 12.0 Å². The maximum absolute atomic E-state index is 11.2. The second kappa shape index (κ2) is 4.28. The molecule has 3 N–H and O–H groups in total. The molecule has 0 aliphatic heterocycles. The van der Waals surface area contributed by atoms with Gasteiger partial charge in [-0.2, -0.15) is 0 Å². The van der Waals surface area contributed by atoms with Crippen LogP contribution in [-0.2, 0) is 5.41 Å². The van der Waals surface area contributed by atoms with E-state index < -0.39 is 5.76 Å². The van der Waals surface area contributed by atoms with Gasteiger partial charge in [0.05, 0.1) is 5.52 Å². The van der Waals surface area contributed by atoms with E-state index in [-0.39, 0.29) is 5.41 Å². The first kappa shape index (κ1) is 11.5. The summed E-state index contributed by atoms with van der Waals surface area (Å²) in [6.07, 6.45) is 6.04. The van der Waals surface area contributed by atoms with Crippen LogP contribution in [0, 0.1) is 0 Å². The van der Waals surface area contributed by atoms with Crippen molar-refractivity contribution in [2.45, 2.75) is 37.5 Å². The Labute approximate surface area is 105 Å². The monoisotopic (exact) mass is 246 g/mol. The van der Waals surface area contributed by atoms with E-state index in [1.807, 2.05) is 12.1 Å². The van der Waals surface area contributed by atoms with E-state index in [1.54, 1.807) is 0 Å². The molecule has 1 aromatic carbocycles. The van der Waals surface area contributed by atoms with Gasteiger partial charge in [0.2, 0.25) is 0 Å². The second-order valence-electron chi connectivity index (χ2n) is 5.27. The highest BCUT2D eigenvalue weighted by atomic mass is 16.4. The van der Waals surface area contributed by atoms with Crippen LogP contribution in [0.5, 0.6) is 0 Å². The molecule has 1 fully saturated rings. The molecule has 0 spiro atoms. The molecule has 0 saturated heterocycles. The van der Waals surface area contributed by atoms with Crippen LogP contribution in [0.25, 0.3) is 11.1 Å². The van der Waals surface area contributed by atoms with Crippen molar-refractivity contribution >= 4 is 11.1 Å². The van der Waals surface area contributed by atoms with Gasteiger partial charge < -0.3 is 10.2 Å². The summed E-state index contributed by atoms with van der Waals surface area (Å²) in [4.78, 5) is 13.9. The summed E-state index contributed by atoms with van der Waals surface area (Å²) in [7, 11) is 0. The van der Waals surface area contributed by atoms with E-state index in [1.165, 1.54) is 24.8 Å². The molecule has 1 heterocycles. The number of hydrogen-bond donors (Lipinski definition) is 2. The van der Waals surface area contributed by atoms with Gasteiger partial charge in [-0.1, -0.05) is 25.3 Å². The van der Waals surface area contributed by atoms with Crippen LogP contribution in [0.15, 0.2) is 27.4 Å². The Hall–Kier alpha value is -1.55. The van der Waals surface area contributed by atoms with E-state index >= 15 is 0 Å². The number of hydrogen-bond acceptors (Lipinski definition) is 3. The number of aromatic amines is 1. The molecule has 4 nitrogen and oxygen atoms in total. The first-order chi connectivity index (χ1) is 8.73. The van der Waals surface area contributed by atoms with Gasteiger partial charge in [-0.15, -0.1) is 0 Å². The van der Waals surface area contributed by atoms with Crippen molar-refractivity contribution in [2.24, 2.45) is 5.73 Å². The summed E-state index contributed by atoms with van der Waals surface area (Å²) < 4.78 is 5.03. The van der Waals surface area contributed by atoms with E-state index in [9.17, 15) is 4.79 Å². The van der Waals surface area contributed by atoms with E-state index in [2.05, 4.69) is 11.1 Å². The third kappa shape index (κ3) is 1.77. The molecule has 2 aromatic rings. The molecule has 0 radical (unpaired) electrons. The fraction of sp³-hybridized carbons (Fsp3) is 0.500. The van der Waals surface area contributed by atoms with Gasteiger partial charge in [-0.05, 0) is 30.5 Å². The molecule has 3 rings (SSSR count). The third-order valence-corrected chi connectivity index (χ3v) is 4.23. The number of H-pyrrole nitrogens is 1. The zero-order chi connectivity index (χ0) is 12.6. The van der Waals surface area contributed by atoms with Crippen molar-refractivity contribution in [1.82, 2.24) is 4.98 Å². The van der Waals surface area contributed by atoms with Gasteiger partial charge >= 0.3 is 5.76 Å². The van der Waals surface area contributed by atoms with E-state index in [4.69, 9.17) is 10.2 Å². The maximum Gasteiger partial charge on any atom is 0.417 e. The Morgan fingerprint density at radius 1 is 1.28 bits per heavy atom. The summed E-state index contributed by atoms with van der Waals surface area (Å²) >= 11 is 0. The van der Waals surface area contributed by atoms with Gasteiger partial charge in [0.25, 0.3) is 0 Å². The van der Waals surface area contributed by atoms with Gasteiger partial charge in [-0.3, -0.25) is 4.98 Å². The van der Waals surface area contributed by atoms with Crippen LogP contribution < -0.4 is 11.5 Å². The fourth-order valence-corrected chi connectivity index (χ4v) is 3.12. The smallest absolute Gasteiger partial charge is 0.408 e. The average Bonchev–Trinajstić information content (AvgIpc) is 2.78. The number of benzene rings is 1. The minimum atomic E-state index is -0.396. The highest BCUT2D eigenvalue weighted by Crippen LogP contribution is 2.39. The lowest BCUT2D eigenvalue weighted by Gasteiger charge is -2.36. The minimum absolute atomic E-state index is 0.0839. The molecule has 1 aromatic heterocycles. The predicted molar refractivity (Wildman–Crippen MR) is 70.7 cm³/mol. The average molecular weight is 246 g/mol. The SMILES string of the molecule is NCC1(c2ccc3oc(=O)[nH]c3c2)CCCCC1. The highest BCUT2D eigenvalue weighted by molar-refractivity contribution is 5.73. The van der Waals surface area contributed by atoms with Crippen molar-refractivity contribution < 1.29 is 4.42 Å². The van der Waals surface area contributed by atoms with Crippen molar-refractivity contribution in [3.63, 3.8) is 0 Å². The normalized spacial score (nSPS) is 19.2. The number of rotatable bonds is 2. The van der Waals surface area contributed by atoms with Crippen LogP contribution in [0.4, 0.5) is 0 Å². The van der Waals surface area contributed by atoms with Crippen LogP contribution in [0.2, 0.25) is 0 Å². The summed E-state index contributed by atoms with van der Waals surface area (Å²) in [5.74, 6) is -0.396. The number of oxazole rings is 1. The molecule has 0 atom stereocenters. The molecular formula is C14H18N2O2. The summed E-state index contributed by atoms with van der Waals surface area (Å²) in [5.41, 5.74) is 8.73. The zero-order valence-electron chi connectivity index (χ0n) is 10.4. The Morgan fingerprint density at radius 2 is 2.06 bits per heavy atom. The van der Waals surface area contributed by atoms with E-state index in [0.29, 0.717) is 12.1 Å². The molecule has 96 valence electrons. The number of fused-ring (bicyclic) bond motifs is 1. The number of nitrogens with two attached hydrogens (primary N) is 1. The van der Waals surface area contributed by atoms with Crippen molar-refractivity contribution in [2.75, 3.05) is 6.54 Å². The highest BCUT2D eigenvalue weighted by Gasteiger charge is 2.32. The Bertz CT molecular complexity index is 606. The molecule has 18 heavy (non-hydrogen) atoms. The van der Waals surface area contributed by atoms with Gasteiger partial charge in [0.1, 0.15) is 0 Å². The van der Waals surface area contributed by atoms with Crippen LogP contribution >= 0.6 is 0 Å². The third-order valence-electron chi connectivity index (χ3n) is 4.23. The summed E-state index contributed by atoms with van der Waals surface area (Å²) in [6.45, 7) is 0.667.